The van der Waals surface area contributed by atoms with Gasteiger partial charge in [-0.1, -0.05) is 18.2 Å². The van der Waals surface area contributed by atoms with Gasteiger partial charge in [-0.3, -0.25) is 24.6 Å². The lowest BCUT2D eigenvalue weighted by atomic mass is 9.76. The van der Waals surface area contributed by atoms with E-state index in [0.29, 0.717) is 35.6 Å². The van der Waals surface area contributed by atoms with Crippen molar-refractivity contribution < 1.29 is 33.4 Å². The Morgan fingerprint density at radius 1 is 0.925 bits per heavy atom. The molecule has 10 heteroatoms. The Labute approximate surface area is 229 Å². The standard InChI is InChI=1S/C30H28FN3O6/c1-39-23-10-5-17(14-24(23)40-2)11-12-34-27(36)25-22(13-16-3-7-19(35)8-4-16)33-30(26(25)28(34)37)20-15-18(31)6-9-21(20)32-29(30)38/h3-10,14-15,22,25-26,33,35H,11-13H2,1-2H3,(H,32,38)/t22-,25+,26-,30-/m1/s1. The summed E-state index contributed by atoms with van der Waals surface area (Å²) < 4.78 is 25.1. The molecule has 0 saturated carbocycles. The fraction of sp³-hybridized carbons (Fsp3) is 0.300. The largest absolute Gasteiger partial charge is 0.508 e. The van der Waals surface area contributed by atoms with E-state index in [1.54, 1.807) is 43.5 Å². The Morgan fingerprint density at radius 3 is 2.38 bits per heavy atom. The highest BCUT2D eigenvalue weighted by Gasteiger charge is 2.70. The molecule has 3 heterocycles. The maximum Gasteiger partial charge on any atom is 0.250 e. The van der Waals surface area contributed by atoms with E-state index in [-0.39, 0.29) is 18.2 Å². The molecule has 3 aliphatic heterocycles. The van der Waals surface area contributed by atoms with E-state index in [1.807, 2.05) is 6.07 Å². The summed E-state index contributed by atoms with van der Waals surface area (Å²) in [7, 11) is 3.07. The molecule has 3 aromatic rings. The minimum absolute atomic E-state index is 0.102. The Hall–Kier alpha value is -4.44. The molecular weight excluding hydrogens is 517 g/mol. The van der Waals surface area contributed by atoms with Crippen LogP contribution in [0.5, 0.6) is 17.2 Å². The number of phenols is 1. The van der Waals surface area contributed by atoms with Gasteiger partial charge >= 0.3 is 0 Å². The molecule has 0 aromatic heterocycles. The molecule has 0 radical (unpaired) electrons. The summed E-state index contributed by atoms with van der Waals surface area (Å²) in [5, 5.41) is 15.8. The third-order valence-electron chi connectivity index (χ3n) is 8.23. The molecule has 40 heavy (non-hydrogen) atoms. The van der Waals surface area contributed by atoms with Gasteiger partial charge in [0.15, 0.2) is 11.5 Å². The number of halogens is 1. The maximum atomic E-state index is 14.5. The lowest BCUT2D eigenvalue weighted by Gasteiger charge is -2.29. The summed E-state index contributed by atoms with van der Waals surface area (Å²) in [5.74, 6) is -2.56. The number of nitrogens with one attached hydrogen (secondary N) is 2. The van der Waals surface area contributed by atoms with Crippen molar-refractivity contribution in [2.75, 3.05) is 26.1 Å². The highest BCUT2D eigenvalue weighted by molar-refractivity contribution is 6.15. The number of amides is 3. The van der Waals surface area contributed by atoms with Gasteiger partial charge in [-0.25, -0.2) is 4.39 Å². The first-order valence-corrected chi connectivity index (χ1v) is 13.0. The van der Waals surface area contributed by atoms with Gasteiger partial charge in [0.1, 0.15) is 17.1 Å². The van der Waals surface area contributed by atoms with Crippen LogP contribution < -0.4 is 20.1 Å². The van der Waals surface area contributed by atoms with E-state index in [1.165, 1.54) is 30.2 Å². The third-order valence-corrected chi connectivity index (χ3v) is 8.23. The molecule has 2 saturated heterocycles. The average molecular weight is 546 g/mol. The number of imide groups is 1. The van der Waals surface area contributed by atoms with Crippen LogP contribution in [0.25, 0.3) is 0 Å². The summed E-state index contributed by atoms with van der Waals surface area (Å²) in [6.45, 7) is 0.111. The SMILES string of the molecule is COc1ccc(CCN2C(=O)[C@H]3[C@@H](Cc4ccc(O)cc4)N[C@@]4(C(=O)Nc5ccc(F)cc54)[C@H]3C2=O)cc1OC. The van der Waals surface area contributed by atoms with Crippen molar-refractivity contribution in [2.45, 2.75) is 24.4 Å². The number of anilines is 1. The van der Waals surface area contributed by atoms with Crippen molar-refractivity contribution in [3.8, 4) is 17.2 Å². The summed E-state index contributed by atoms with van der Waals surface area (Å²) in [5.41, 5.74) is 0.799. The van der Waals surface area contributed by atoms with Crippen molar-refractivity contribution in [3.05, 3.63) is 83.2 Å². The van der Waals surface area contributed by atoms with Gasteiger partial charge in [0.2, 0.25) is 17.7 Å². The quantitative estimate of drug-likeness (QED) is 0.391. The van der Waals surface area contributed by atoms with Crippen LogP contribution in [0.3, 0.4) is 0 Å². The second-order valence-electron chi connectivity index (χ2n) is 10.3. The third kappa shape index (κ3) is 3.90. The summed E-state index contributed by atoms with van der Waals surface area (Å²) in [6, 6.07) is 15.3. The van der Waals surface area contributed by atoms with Crippen molar-refractivity contribution in [1.29, 1.82) is 0 Å². The number of rotatable bonds is 7. The van der Waals surface area contributed by atoms with Crippen LogP contribution in [0.1, 0.15) is 16.7 Å². The van der Waals surface area contributed by atoms with Gasteiger partial charge in [0, 0.05) is 23.8 Å². The zero-order chi connectivity index (χ0) is 28.2. The summed E-state index contributed by atoms with van der Waals surface area (Å²) in [4.78, 5) is 42.7. The first-order chi connectivity index (χ1) is 19.3. The minimum atomic E-state index is -1.59. The van der Waals surface area contributed by atoms with E-state index in [2.05, 4.69) is 10.6 Å². The number of aromatic hydroxyl groups is 1. The number of phenolic OH excluding ortho intramolecular Hbond substituents is 1. The number of methoxy groups -OCH3 is 2. The molecule has 2 fully saturated rings. The van der Waals surface area contributed by atoms with Crippen molar-refractivity contribution >= 4 is 23.4 Å². The first-order valence-electron chi connectivity index (χ1n) is 13.0. The number of fused-ring (bicyclic) bond motifs is 4. The zero-order valence-corrected chi connectivity index (χ0v) is 21.9. The molecule has 0 unspecified atom stereocenters. The maximum absolute atomic E-state index is 14.5. The second kappa shape index (κ2) is 9.63. The topological polar surface area (TPSA) is 117 Å². The van der Waals surface area contributed by atoms with Gasteiger partial charge in [0.05, 0.1) is 26.1 Å². The van der Waals surface area contributed by atoms with Crippen LogP contribution >= 0.6 is 0 Å². The Balaban J connectivity index is 1.36. The molecule has 3 aromatic carbocycles. The van der Waals surface area contributed by atoms with Crippen LogP contribution in [0, 0.1) is 17.7 Å². The predicted molar refractivity (Wildman–Crippen MR) is 142 cm³/mol. The highest BCUT2D eigenvalue weighted by atomic mass is 19.1. The molecule has 3 N–H and O–H groups in total. The fourth-order valence-electron chi connectivity index (χ4n) is 6.39. The van der Waals surface area contributed by atoms with Crippen LogP contribution in [0.15, 0.2) is 60.7 Å². The molecule has 0 aliphatic carbocycles. The number of carbonyl (C=O) groups excluding carboxylic acids is 3. The summed E-state index contributed by atoms with van der Waals surface area (Å²) >= 11 is 0. The molecule has 3 aliphatic rings. The van der Waals surface area contributed by atoms with E-state index in [9.17, 15) is 23.9 Å². The lowest BCUT2D eigenvalue weighted by molar-refractivity contribution is -0.142. The van der Waals surface area contributed by atoms with Crippen molar-refractivity contribution in [3.63, 3.8) is 0 Å². The molecule has 3 amide bonds. The minimum Gasteiger partial charge on any atom is -0.508 e. The molecular formula is C30H28FN3O6. The summed E-state index contributed by atoms with van der Waals surface area (Å²) in [6.07, 6.45) is 0.696. The van der Waals surface area contributed by atoms with Crippen LogP contribution in [-0.2, 0) is 32.8 Å². The normalized spacial score (nSPS) is 24.8. The highest BCUT2D eigenvalue weighted by Crippen LogP contribution is 2.53. The van der Waals surface area contributed by atoms with Gasteiger partial charge < -0.3 is 19.9 Å². The number of nitrogens with zero attached hydrogens (tertiary/aromatic N) is 1. The molecule has 206 valence electrons. The van der Waals surface area contributed by atoms with Gasteiger partial charge in [-0.05, 0) is 66.4 Å². The van der Waals surface area contributed by atoms with Crippen LogP contribution in [-0.4, -0.2) is 54.5 Å². The molecule has 0 bridgehead atoms. The van der Waals surface area contributed by atoms with E-state index in [4.69, 9.17) is 9.47 Å². The number of hydrogen-bond donors (Lipinski definition) is 3. The zero-order valence-electron chi connectivity index (χ0n) is 21.9. The van der Waals surface area contributed by atoms with E-state index < -0.39 is 41.0 Å². The Morgan fingerprint density at radius 2 is 1.65 bits per heavy atom. The monoisotopic (exact) mass is 545 g/mol. The van der Waals surface area contributed by atoms with Gasteiger partial charge in [0.25, 0.3) is 0 Å². The number of benzene rings is 3. The predicted octanol–water partition coefficient (Wildman–Crippen LogP) is 2.75. The average Bonchev–Trinajstić information content (AvgIpc) is 3.52. The van der Waals surface area contributed by atoms with Crippen LogP contribution in [0.4, 0.5) is 10.1 Å². The second-order valence-corrected chi connectivity index (χ2v) is 10.3. The Bertz CT molecular complexity index is 1530. The van der Waals surface area contributed by atoms with Gasteiger partial charge in [-0.15, -0.1) is 0 Å². The first kappa shape index (κ1) is 25.8. The molecule has 1 spiro atoms. The van der Waals surface area contributed by atoms with E-state index >= 15 is 0 Å². The molecule has 6 rings (SSSR count). The molecule has 9 nitrogen and oxygen atoms in total. The lowest BCUT2D eigenvalue weighted by Crippen LogP contribution is -2.53. The van der Waals surface area contributed by atoms with Crippen LogP contribution in [0.2, 0.25) is 0 Å². The van der Waals surface area contributed by atoms with E-state index in [0.717, 1.165) is 11.1 Å². The smallest absolute Gasteiger partial charge is 0.250 e. The van der Waals surface area contributed by atoms with Crippen molar-refractivity contribution in [2.24, 2.45) is 11.8 Å². The van der Waals surface area contributed by atoms with Gasteiger partial charge in [-0.2, -0.15) is 0 Å². The fourth-order valence-corrected chi connectivity index (χ4v) is 6.39. The number of ether oxygens (including phenoxy) is 2. The van der Waals surface area contributed by atoms with Crippen molar-refractivity contribution in [1.82, 2.24) is 10.2 Å². The molecule has 4 atom stereocenters. The number of carbonyl (C=O) groups is 3. The Kier molecular flexibility index (Phi) is 6.22. The number of hydrogen-bond acceptors (Lipinski definition) is 7. The number of likely N-dealkylation sites (tertiary alicyclic amines) is 1.